The van der Waals surface area contributed by atoms with Crippen LogP contribution in [0.4, 0.5) is 0 Å². The molecule has 150 valence electrons. The summed E-state index contributed by atoms with van der Waals surface area (Å²) in [7, 11) is -3.49. The first kappa shape index (κ1) is 20.0. The number of piperidine rings is 2. The van der Waals surface area contributed by atoms with Crippen LogP contribution in [-0.4, -0.2) is 68.4 Å². The molecule has 3 aliphatic rings. The summed E-state index contributed by atoms with van der Waals surface area (Å²) in [5.41, 5.74) is 0. The van der Waals surface area contributed by atoms with Crippen molar-refractivity contribution in [3.8, 4) is 0 Å². The van der Waals surface area contributed by atoms with Crippen LogP contribution in [0.3, 0.4) is 0 Å². The van der Waals surface area contributed by atoms with E-state index in [0.29, 0.717) is 44.6 Å². The van der Waals surface area contributed by atoms with Crippen molar-refractivity contribution in [2.24, 2.45) is 17.8 Å². The third-order valence-corrected chi connectivity index (χ3v) is 7.71. The third kappa shape index (κ3) is 4.77. The molecule has 4 unspecified atom stereocenters. The van der Waals surface area contributed by atoms with Gasteiger partial charge in [-0.15, -0.1) is 0 Å². The van der Waals surface area contributed by atoms with E-state index < -0.39 is 10.2 Å². The van der Waals surface area contributed by atoms with E-state index in [9.17, 15) is 13.2 Å². The minimum atomic E-state index is -3.49. The van der Waals surface area contributed by atoms with Gasteiger partial charge in [-0.05, 0) is 43.9 Å². The van der Waals surface area contributed by atoms with Gasteiger partial charge >= 0.3 is 0 Å². The van der Waals surface area contributed by atoms with Crippen molar-refractivity contribution >= 4 is 16.1 Å². The molecule has 3 fully saturated rings. The molecule has 0 saturated carbocycles. The first-order valence-corrected chi connectivity index (χ1v) is 11.4. The van der Waals surface area contributed by atoms with Gasteiger partial charge in [0.1, 0.15) is 0 Å². The fraction of sp³-hybridized carbons (Fsp3) is 0.944. The van der Waals surface area contributed by atoms with Gasteiger partial charge in [-0.3, -0.25) is 4.79 Å². The number of nitrogens with zero attached hydrogens (tertiary/aromatic N) is 2. The molecule has 0 aromatic heterocycles. The molecule has 0 aromatic rings. The molecular weight excluding hydrogens is 354 g/mol. The molecule has 4 atom stereocenters. The van der Waals surface area contributed by atoms with Gasteiger partial charge in [0, 0.05) is 39.3 Å². The number of carbonyl (C=O) groups is 1. The second-order valence-electron chi connectivity index (χ2n) is 8.35. The first-order valence-electron chi connectivity index (χ1n) is 10.0. The Kier molecular flexibility index (Phi) is 6.59. The van der Waals surface area contributed by atoms with Crippen LogP contribution in [0.25, 0.3) is 0 Å². The highest BCUT2D eigenvalue weighted by atomic mass is 32.2. The lowest BCUT2D eigenvalue weighted by Crippen LogP contribution is -2.53. The van der Waals surface area contributed by atoms with E-state index >= 15 is 0 Å². The van der Waals surface area contributed by atoms with Crippen LogP contribution in [0.2, 0.25) is 0 Å². The number of amides is 1. The van der Waals surface area contributed by atoms with Gasteiger partial charge in [-0.1, -0.05) is 13.8 Å². The number of ether oxygens (including phenoxy) is 1. The van der Waals surface area contributed by atoms with Crippen molar-refractivity contribution in [1.82, 2.24) is 13.9 Å². The van der Waals surface area contributed by atoms with E-state index in [1.54, 1.807) is 4.31 Å². The number of nitrogens with one attached hydrogen (secondary N) is 1. The maximum Gasteiger partial charge on any atom is 0.282 e. The Bertz CT molecular complexity index is 581. The van der Waals surface area contributed by atoms with E-state index in [1.807, 2.05) is 0 Å². The highest BCUT2D eigenvalue weighted by Crippen LogP contribution is 2.27. The second kappa shape index (κ2) is 8.54. The number of rotatable bonds is 5. The molecule has 0 aliphatic carbocycles. The average molecular weight is 388 g/mol. The highest BCUT2D eigenvalue weighted by molar-refractivity contribution is 7.86. The fourth-order valence-corrected chi connectivity index (χ4v) is 6.43. The monoisotopic (exact) mass is 387 g/mol. The van der Waals surface area contributed by atoms with Crippen LogP contribution in [-0.2, 0) is 19.7 Å². The molecule has 0 aromatic carbocycles. The normalized spacial score (nSPS) is 34.7. The van der Waals surface area contributed by atoms with Gasteiger partial charge in [-0.25, -0.2) is 0 Å². The molecule has 1 amide bonds. The quantitative estimate of drug-likeness (QED) is 0.769. The zero-order valence-corrected chi connectivity index (χ0v) is 16.8. The van der Waals surface area contributed by atoms with E-state index in [2.05, 4.69) is 19.2 Å². The topological polar surface area (TPSA) is 79.0 Å². The SMILES string of the molecule is CC1CC(C)CN(S(=O)(=O)N2CCCC(C(=O)NCC3CCCO3)C2)C1. The summed E-state index contributed by atoms with van der Waals surface area (Å²) in [4.78, 5) is 12.5. The largest absolute Gasteiger partial charge is 0.376 e. The summed E-state index contributed by atoms with van der Waals surface area (Å²) in [6.07, 6.45) is 4.69. The molecule has 7 nitrogen and oxygen atoms in total. The molecular formula is C18H33N3O4S. The minimum Gasteiger partial charge on any atom is -0.376 e. The van der Waals surface area contributed by atoms with Gasteiger partial charge < -0.3 is 10.1 Å². The smallest absolute Gasteiger partial charge is 0.282 e. The zero-order valence-electron chi connectivity index (χ0n) is 16.0. The molecule has 3 rings (SSSR count). The molecule has 0 spiro atoms. The predicted octanol–water partition coefficient (Wildman–Crippen LogP) is 1.22. The first-order chi connectivity index (χ1) is 12.4. The summed E-state index contributed by atoms with van der Waals surface area (Å²) in [6, 6.07) is 0. The number of hydrogen-bond donors (Lipinski definition) is 1. The Morgan fingerprint density at radius 1 is 1.08 bits per heavy atom. The van der Waals surface area contributed by atoms with Crippen molar-refractivity contribution in [2.75, 3.05) is 39.3 Å². The Morgan fingerprint density at radius 3 is 2.46 bits per heavy atom. The summed E-state index contributed by atoms with van der Waals surface area (Å²) in [6.45, 7) is 7.48. The standard InChI is InChI=1S/C18H33N3O4S/c1-14-9-15(2)12-21(11-14)26(23,24)20-7-3-5-16(13-20)18(22)19-10-17-6-4-8-25-17/h14-17H,3-13H2,1-2H3,(H,19,22). The third-order valence-electron chi connectivity index (χ3n) is 5.77. The van der Waals surface area contributed by atoms with Crippen LogP contribution in [0.5, 0.6) is 0 Å². The summed E-state index contributed by atoms with van der Waals surface area (Å²) >= 11 is 0. The summed E-state index contributed by atoms with van der Waals surface area (Å²) < 4.78 is 34.8. The van der Waals surface area contributed by atoms with Crippen molar-refractivity contribution in [3.63, 3.8) is 0 Å². The lowest BCUT2D eigenvalue weighted by Gasteiger charge is -2.39. The van der Waals surface area contributed by atoms with E-state index in [-0.39, 0.29) is 17.9 Å². The van der Waals surface area contributed by atoms with Crippen molar-refractivity contribution in [3.05, 3.63) is 0 Å². The average Bonchev–Trinajstić information content (AvgIpc) is 3.12. The van der Waals surface area contributed by atoms with Crippen LogP contribution in [0.1, 0.15) is 46.0 Å². The molecule has 8 heteroatoms. The molecule has 26 heavy (non-hydrogen) atoms. The van der Waals surface area contributed by atoms with Crippen LogP contribution in [0, 0.1) is 17.8 Å². The molecule has 0 bridgehead atoms. The maximum atomic E-state index is 13.1. The van der Waals surface area contributed by atoms with Crippen molar-refractivity contribution in [1.29, 1.82) is 0 Å². The Labute approximate surface area is 157 Å². The summed E-state index contributed by atoms with van der Waals surface area (Å²) in [5.74, 6) is 0.452. The molecule has 3 saturated heterocycles. The van der Waals surface area contributed by atoms with Crippen LogP contribution >= 0.6 is 0 Å². The van der Waals surface area contributed by atoms with Crippen molar-refractivity contribution in [2.45, 2.75) is 52.1 Å². The molecule has 0 radical (unpaired) electrons. The lowest BCUT2D eigenvalue weighted by molar-refractivity contribution is -0.126. The summed E-state index contributed by atoms with van der Waals surface area (Å²) in [5, 5.41) is 2.96. The zero-order chi connectivity index (χ0) is 18.7. The van der Waals surface area contributed by atoms with Gasteiger partial charge in [0.2, 0.25) is 5.91 Å². The number of hydrogen-bond acceptors (Lipinski definition) is 4. The predicted molar refractivity (Wildman–Crippen MR) is 99.7 cm³/mol. The Morgan fingerprint density at radius 2 is 1.81 bits per heavy atom. The molecule has 3 heterocycles. The van der Waals surface area contributed by atoms with Crippen LogP contribution < -0.4 is 5.32 Å². The maximum absolute atomic E-state index is 13.1. The van der Waals surface area contributed by atoms with Gasteiger partial charge in [0.05, 0.1) is 12.0 Å². The van der Waals surface area contributed by atoms with E-state index in [4.69, 9.17) is 4.74 Å². The number of carbonyl (C=O) groups excluding carboxylic acids is 1. The van der Waals surface area contributed by atoms with Crippen LogP contribution in [0.15, 0.2) is 0 Å². The molecule has 3 aliphatic heterocycles. The second-order valence-corrected chi connectivity index (χ2v) is 10.3. The lowest BCUT2D eigenvalue weighted by atomic mass is 9.94. The van der Waals surface area contributed by atoms with E-state index in [0.717, 1.165) is 38.7 Å². The van der Waals surface area contributed by atoms with Crippen molar-refractivity contribution < 1.29 is 17.9 Å². The Balaban J connectivity index is 1.57. The molecule has 1 N–H and O–H groups in total. The fourth-order valence-electron chi connectivity index (χ4n) is 4.49. The van der Waals surface area contributed by atoms with E-state index in [1.165, 1.54) is 4.31 Å². The van der Waals surface area contributed by atoms with Gasteiger partial charge in [0.25, 0.3) is 10.2 Å². The van der Waals surface area contributed by atoms with Gasteiger partial charge in [-0.2, -0.15) is 17.0 Å². The minimum absolute atomic E-state index is 0.0409. The van der Waals surface area contributed by atoms with Gasteiger partial charge in [0.15, 0.2) is 0 Å². The Hall–Kier alpha value is -0.700. The highest BCUT2D eigenvalue weighted by Gasteiger charge is 2.38.